The molecule has 136 valence electrons. The molecule has 27 heavy (non-hydrogen) atoms. The molecule has 1 aliphatic rings. The van der Waals surface area contributed by atoms with Crippen LogP contribution in [-0.2, 0) is 0 Å². The summed E-state index contributed by atoms with van der Waals surface area (Å²) in [7, 11) is 0. The molecule has 4 rings (SSSR count). The molecule has 6 nitrogen and oxygen atoms in total. The molecule has 1 fully saturated rings. The molecule has 0 aliphatic carbocycles. The highest BCUT2D eigenvalue weighted by Crippen LogP contribution is 2.22. The Bertz CT molecular complexity index is 929. The monoisotopic (exact) mass is 360 g/mol. The predicted molar refractivity (Wildman–Crippen MR) is 101 cm³/mol. The number of hydrogen-bond donors (Lipinski definition) is 0. The van der Waals surface area contributed by atoms with Gasteiger partial charge in [0.1, 0.15) is 0 Å². The summed E-state index contributed by atoms with van der Waals surface area (Å²) >= 11 is 0. The Morgan fingerprint density at radius 2 is 1.52 bits per heavy atom. The van der Waals surface area contributed by atoms with Gasteiger partial charge in [-0.15, -0.1) is 5.10 Å². The van der Waals surface area contributed by atoms with Crippen LogP contribution in [0.2, 0.25) is 0 Å². The number of carbonyl (C=O) groups is 2. The fraction of sp³-hybridized carbons (Fsp3) is 0.238. The number of likely N-dealkylation sites (tertiary alicyclic amines) is 1. The Balaban J connectivity index is 1.39. The normalized spacial score (nSPS) is 14.9. The first kappa shape index (κ1) is 17.1. The number of para-hydroxylation sites is 1. The largest absolute Gasteiger partial charge is 0.337 e. The Morgan fingerprint density at radius 1 is 0.889 bits per heavy atom. The molecule has 0 spiro atoms. The lowest BCUT2D eigenvalue weighted by molar-refractivity contribution is 0.0645. The van der Waals surface area contributed by atoms with Crippen LogP contribution in [0.5, 0.6) is 0 Å². The Kier molecular flexibility index (Phi) is 4.78. The minimum atomic E-state index is -0.136. The summed E-state index contributed by atoms with van der Waals surface area (Å²) in [6, 6.07) is 18.8. The van der Waals surface area contributed by atoms with Gasteiger partial charge in [-0.05, 0) is 25.0 Å². The first-order valence-corrected chi connectivity index (χ1v) is 9.08. The number of nitrogens with zero attached hydrogens (tertiary/aromatic N) is 4. The van der Waals surface area contributed by atoms with E-state index in [1.54, 1.807) is 4.90 Å². The molecule has 0 saturated carbocycles. The van der Waals surface area contributed by atoms with Crippen molar-refractivity contribution < 1.29 is 9.59 Å². The molecule has 0 radical (unpaired) electrons. The molecule has 3 aromatic rings. The average Bonchev–Trinajstić information content (AvgIpc) is 3.24. The van der Waals surface area contributed by atoms with Crippen LogP contribution >= 0.6 is 0 Å². The van der Waals surface area contributed by atoms with Crippen molar-refractivity contribution in [3.8, 4) is 5.69 Å². The summed E-state index contributed by atoms with van der Waals surface area (Å²) in [4.78, 5) is 28.5. The molecule has 0 bridgehead atoms. The maximum Gasteiger partial charge on any atom is 0.276 e. The van der Waals surface area contributed by atoms with Crippen molar-refractivity contribution in [2.24, 2.45) is 5.92 Å². The van der Waals surface area contributed by atoms with Crippen molar-refractivity contribution in [3.05, 3.63) is 78.1 Å². The molecular formula is C21H20N4O2. The zero-order valence-electron chi connectivity index (χ0n) is 14.9. The number of hydrogen-bond acceptors (Lipinski definition) is 4. The number of Topliss-reactive ketones (excluding diaryl/α,β-unsaturated/α-hetero) is 1. The molecule has 1 aromatic heterocycles. The van der Waals surface area contributed by atoms with E-state index in [0.717, 1.165) is 11.3 Å². The molecule has 0 atom stereocenters. The van der Waals surface area contributed by atoms with Gasteiger partial charge in [0.25, 0.3) is 5.91 Å². The summed E-state index contributed by atoms with van der Waals surface area (Å²) in [6.07, 6.45) is 2.84. The van der Waals surface area contributed by atoms with Gasteiger partial charge in [-0.1, -0.05) is 48.5 Å². The van der Waals surface area contributed by atoms with E-state index in [2.05, 4.69) is 10.2 Å². The minimum Gasteiger partial charge on any atom is -0.337 e. The van der Waals surface area contributed by atoms with Gasteiger partial charge in [0.05, 0.1) is 11.9 Å². The highest BCUT2D eigenvalue weighted by molar-refractivity contribution is 5.98. The molecule has 1 aliphatic heterocycles. The third-order valence-electron chi connectivity index (χ3n) is 4.91. The van der Waals surface area contributed by atoms with E-state index >= 15 is 0 Å². The number of amides is 1. The van der Waals surface area contributed by atoms with E-state index in [1.165, 1.54) is 11.0 Å². The maximum absolute atomic E-state index is 12.7. The van der Waals surface area contributed by atoms with Crippen molar-refractivity contribution in [1.29, 1.82) is 0 Å². The summed E-state index contributed by atoms with van der Waals surface area (Å²) in [6.45, 7) is 1.11. The van der Waals surface area contributed by atoms with Gasteiger partial charge in [0.15, 0.2) is 11.5 Å². The zero-order chi connectivity index (χ0) is 18.6. The van der Waals surface area contributed by atoms with Crippen LogP contribution in [-0.4, -0.2) is 44.7 Å². The molecule has 1 saturated heterocycles. The summed E-state index contributed by atoms with van der Waals surface area (Å²) < 4.78 is 0. The van der Waals surface area contributed by atoms with Gasteiger partial charge in [0.2, 0.25) is 0 Å². The molecular weight excluding hydrogens is 340 g/mol. The van der Waals surface area contributed by atoms with E-state index in [0.29, 0.717) is 31.6 Å². The molecule has 2 aromatic carbocycles. The van der Waals surface area contributed by atoms with Crippen molar-refractivity contribution in [2.75, 3.05) is 13.1 Å². The van der Waals surface area contributed by atoms with Gasteiger partial charge in [-0.3, -0.25) is 9.59 Å². The maximum atomic E-state index is 12.7. The second kappa shape index (κ2) is 7.53. The second-order valence-electron chi connectivity index (χ2n) is 6.65. The number of benzene rings is 2. The zero-order valence-corrected chi connectivity index (χ0v) is 14.9. The molecule has 0 unspecified atom stereocenters. The smallest absolute Gasteiger partial charge is 0.276 e. The number of piperidine rings is 1. The third kappa shape index (κ3) is 3.65. The summed E-state index contributed by atoms with van der Waals surface area (Å²) in [5.41, 5.74) is 1.88. The average molecular weight is 360 g/mol. The Morgan fingerprint density at radius 3 is 2.19 bits per heavy atom. The number of ketones is 1. The van der Waals surface area contributed by atoms with E-state index < -0.39 is 0 Å². The van der Waals surface area contributed by atoms with Crippen molar-refractivity contribution in [1.82, 2.24) is 19.9 Å². The number of rotatable bonds is 4. The lowest BCUT2D eigenvalue weighted by atomic mass is 9.89. The van der Waals surface area contributed by atoms with Crippen LogP contribution in [0.3, 0.4) is 0 Å². The van der Waals surface area contributed by atoms with E-state index in [9.17, 15) is 9.59 Å². The fourth-order valence-electron chi connectivity index (χ4n) is 3.39. The van der Waals surface area contributed by atoms with E-state index in [-0.39, 0.29) is 17.6 Å². The van der Waals surface area contributed by atoms with Gasteiger partial charge in [-0.25, -0.2) is 0 Å². The summed E-state index contributed by atoms with van der Waals surface area (Å²) in [5.74, 6) is -0.00281. The highest BCUT2D eigenvalue weighted by Gasteiger charge is 2.29. The van der Waals surface area contributed by atoms with Gasteiger partial charge < -0.3 is 4.90 Å². The van der Waals surface area contributed by atoms with Crippen LogP contribution in [0.1, 0.15) is 33.7 Å². The summed E-state index contributed by atoms with van der Waals surface area (Å²) in [5, 5.41) is 8.49. The van der Waals surface area contributed by atoms with Crippen LogP contribution in [0, 0.1) is 5.92 Å². The lowest BCUT2D eigenvalue weighted by Crippen LogP contribution is -2.40. The standard InChI is InChI=1S/C21H20N4O2/c26-20(16-7-3-1-4-8-16)17-11-13-24(14-12-17)21(27)19-15-22-25(23-19)18-9-5-2-6-10-18/h1-10,15,17H,11-14H2. The number of aromatic nitrogens is 3. The first-order chi connectivity index (χ1) is 13.2. The second-order valence-corrected chi connectivity index (χ2v) is 6.65. The first-order valence-electron chi connectivity index (χ1n) is 9.08. The topological polar surface area (TPSA) is 68.1 Å². The number of carbonyl (C=O) groups excluding carboxylic acids is 2. The lowest BCUT2D eigenvalue weighted by Gasteiger charge is -2.30. The van der Waals surface area contributed by atoms with Crippen molar-refractivity contribution in [3.63, 3.8) is 0 Å². The quantitative estimate of drug-likeness (QED) is 0.671. The molecule has 1 amide bonds. The predicted octanol–water partition coefficient (Wildman–Crippen LogP) is 3.00. The molecule has 6 heteroatoms. The fourth-order valence-corrected chi connectivity index (χ4v) is 3.39. The van der Waals surface area contributed by atoms with Gasteiger partial charge in [0, 0.05) is 24.6 Å². The van der Waals surface area contributed by atoms with Crippen LogP contribution in [0.15, 0.2) is 66.9 Å². The SMILES string of the molecule is O=C(c1ccccc1)C1CCN(C(=O)c2cnn(-c3ccccc3)n2)CC1. The van der Waals surface area contributed by atoms with Crippen molar-refractivity contribution in [2.45, 2.75) is 12.8 Å². The minimum absolute atomic E-state index is 0.0311. The van der Waals surface area contributed by atoms with Gasteiger partial charge in [-0.2, -0.15) is 9.90 Å². The third-order valence-corrected chi connectivity index (χ3v) is 4.91. The van der Waals surface area contributed by atoms with E-state index in [1.807, 2.05) is 60.7 Å². The van der Waals surface area contributed by atoms with Crippen LogP contribution < -0.4 is 0 Å². The van der Waals surface area contributed by atoms with Crippen LogP contribution in [0.25, 0.3) is 5.69 Å². The Hall–Kier alpha value is -3.28. The highest BCUT2D eigenvalue weighted by atomic mass is 16.2. The van der Waals surface area contributed by atoms with Crippen molar-refractivity contribution >= 4 is 11.7 Å². The van der Waals surface area contributed by atoms with Gasteiger partial charge >= 0.3 is 0 Å². The van der Waals surface area contributed by atoms with E-state index in [4.69, 9.17) is 0 Å². The molecule has 2 heterocycles. The molecule has 0 N–H and O–H groups in total. The Labute approximate surface area is 157 Å². The van der Waals surface area contributed by atoms with Crippen LogP contribution in [0.4, 0.5) is 0 Å².